The normalized spacial score (nSPS) is 14.2. The quantitative estimate of drug-likeness (QED) is 0.836. The van der Waals surface area contributed by atoms with E-state index >= 15 is 0 Å². The predicted molar refractivity (Wildman–Crippen MR) is 69.5 cm³/mol. The maximum atomic E-state index is 6.25. The molecular formula is C13H22ClN. The molecule has 1 rings (SSSR count). The van der Waals surface area contributed by atoms with Crippen molar-refractivity contribution in [1.82, 2.24) is 0 Å². The average molecular weight is 228 g/mol. The molecule has 0 saturated heterocycles. The molecule has 0 heterocycles. The van der Waals surface area contributed by atoms with E-state index in [1.54, 1.807) is 0 Å². The maximum Gasteiger partial charge on any atom is 0.0326 e. The lowest BCUT2D eigenvalue weighted by Crippen LogP contribution is -2.20. The molecule has 2 N–H and O–H groups in total. The molecule has 1 unspecified atom stereocenters. The molecule has 0 fully saturated rings. The number of hydrogen-bond donors (Lipinski definition) is 1. The Labute approximate surface area is 99.5 Å². The topological polar surface area (TPSA) is 26.0 Å². The van der Waals surface area contributed by atoms with Gasteiger partial charge < -0.3 is 5.73 Å². The standard InChI is InChI=1S/C13H21N.ClH/c1-5-9(2)13(14)12-10(3)7-6-8-11(12)4;/h6-9,13H,5,14H2,1-4H3;1H/t9?,13-;/m1./s1. The van der Waals surface area contributed by atoms with Crippen LogP contribution in [-0.2, 0) is 0 Å². The van der Waals surface area contributed by atoms with Crippen molar-refractivity contribution in [1.29, 1.82) is 0 Å². The minimum Gasteiger partial charge on any atom is -0.324 e. The summed E-state index contributed by atoms with van der Waals surface area (Å²) >= 11 is 0. The lowest BCUT2D eigenvalue weighted by molar-refractivity contribution is 0.454. The number of benzene rings is 1. The third kappa shape index (κ3) is 3.22. The van der Waals surface area contributed by atoms with Crippen LogP contribution in [0.15, 0.2) is 18.2 Å². The first-order chi connectivity index (χ1) is 6.57. The molecule has 0 radical (unpaired) electrons. The van der Waals surface area contributed by atoms with E-state index in [4.69, 9.17) is 5.73 Å². The SMILES string of the molecule is CCC(C)[C@@H](N)c1c(C)cccc1C.Cl. The van der Waals surface area contributed by atoms with E-state index in [-0.39, 0.29) is 18.4 Å². The Bertz CT molecular complexity index is 289. The molecule has 0 aliphatic heterocycles. The molecule has 2 heteroatoms. The van der Waals surface area contributed by atoms with Gasteiger partial charge in [0.2, 0.25) is 0 Å². The van der Waals surface area contributed by atoms with Gasteiger partial charge in [-0.2, -0.15) is 0 Å². The average Bonchev–Trinajstić information content (AvgIpc) is 2.16. The molecule has 2 atom stereocenters. The van der Waals surface area contributed by atoms with Gasteiger partial charge in [0.25, 0.3) is 0 Å². The third-order valence-electron chi connectivity index (χ3n) is 3.13. The van der Waals surface area contributed by atoms with Crippen molar-refractivity contribution in [3.05, 3.63) is 34.9 Å². The molecule has 0 saturated carbocycles. The second kappa shape index (κ2) is 6.14. The van der Waals surface area contributed by atoms with Crippen LogP contribution in [-0.4, -0.2) is 0 Å². The Morgan fingerprint density at radius 1 is 1.20 bits per heavy atom. The third-order valence-corrected chi connectivity index (χ3v) is 3.13. The van der Waals surface area contributed by atoms with E-state index in [1.807, 2.05) is 0 Å². The van der Waals surface area contributed by atoms with Crippen LogP contribution in [0.2, 0.25) is 0 Å². The van der Waals surface area contributed by atoms with Crippen LogP contribution < -0.4 is 5.73 Å². The monoisotopic (exact) mass is 227 g/mol. The second-order valence-corrected chi connectivity index (χ2v) is 4.22. The first kappa shape index (κ1) is 14.5. The van der Waals surface area contributed by atoms with Gasteiger partial charge in [-0.3, -0.25) is 0 Å². The molecule has 0 aliphatic rings. The van der Waals surface area contributed by atoms with E-state index in [9.17, 15) is 0 Å². The van der Waals surface area contributed by atoms with Gasteiger partial charge >= 0.3 is 0 Å². The molecule has 1 aromatic carbocycles. The number of hydrogen-bond acceptors (Lipinski definition) is 1. The largest absolute Gasteiger partial charge is 0.324 e. The molecule has 0 aliphatic carbocycles. The van der Waals surface area contributed by atoms with Crippen molar-refractivity contribution >= 4 is 12.4 Å². The summed E-state index contributed by atoms with van der Waals surface area (Å²) < 4.78 is 0. The van der Waals surface area contributed by atoms with E-state index in [2.05, 4.69) is 45.9 Å². The van der Waals surface area contributed by atoms with Crippen molar-refractivity contribution in [2.45, 2.75) is 40.2 Å². The van der Waals surface area contributed by atoms with Crippen molar-refractivity contribution < 1.29 is 0 Å². The summed E-state index contributed by atoms with van der Waals surface area (Å²) in [6.07, 6.45) is 1.13. The van der Waals surface area contributed by atoms with E-state index < -0.39 is 0 Å². The predicted octanol–water partition coefficient (Wildman–Crippen LogP) is 3.77. The molecule has 1 aromatic rings. The van der Waals surface area contributed by atoms with Gasteiger partial charge in [-0.15, -0.1) is 12.4 Å². The Morgan fingerprint density at radius 3 is 2.07 bits per heavy atom. The van der Waals surface area contributed by atoms with Crippen LogP contribution in [0, 0.1) is 19.8 Å². The zero-order valence-electron chi connectivity index (χ0n) is 10.1. The number of nitrogens with two attached hydrogens (primary N) is 1. The lowest BCUT2D eigenvalue weighted by atomic mass is 9.88. The molecule has 0 spiro atoms. The minimum atomic E-state index is 0. The van der Waals surface area contributed by atoms with Crippen molar-refractivity contribution in [3.8, 4) is 0 Å². The Balaban J connectivity index is 0.00000196. The molecule has 0 bridgehead atoms. The van der Waals surface area contributed by atoms with Crippen LogP contribution in [0.5, 0.6) is 0 Å². The highest BCUT2D eigenvalue weighted by Gasteiger charge is 2.16. The highest BCUT2D eigenvalue weighted by atomic mass is 35.5. The summed E-state index contributed by atoms with van der Waals surface area (Å²) in [4.78, 5) is 0. The second-order valence-electron chi connectivity index (χ2n) is 4.22. The Morgan fingerprint density at radius 2 is 1.67 bits per heavy atom. The molecular weight excluding hydrogens is 206 g/mol. The van der Waals surface area contributed by atoms with Crippen molar-refractivity contribution in [3.63, 3.8) is 0 Å². The summed E-state index contributed by atoms with van der Waals surface area (Å²) in [5.74, 6) is 0.551. The highest BCUT2D eigenvalue weighted by molar-refractivity contribution is 5.85. The van der Waals surface area contributed by atoms with Gasteiger partial charge in [0.1, 0.15) is 0 Å². The lowest BCUT2D eigenvalue weighted by Gasteiger charge is -2.22. The zero-order valence-corrected chi connectivity index (χ0v) is 10.9. The fourth-order valence-corrected chi connectivity index (χ4v) is 1.89. The summed E-state index contributed by atoms with van der Waals surface area (Å²) in [6.45, 7) is 8.70. The van der Waals surface area contributed by atoms with Gasteiger partial charge in [0.15, 0.2) is 0 Å². The van der Waals surface area contributed by atoms with Crippen LogP contribution in [0.3, 0.4) is 0 Å². The summed E-state index contributed by atoms with van der Waals surface area (Å²) in [5, 5.41) is 0. The zero-order chi connectivity index (χ0) is 10.7. The molecule has 0 amide bonds. The van der Waals surface area contributed by atoms with Gasteiger partial charge in [0.05, 0.1) is 0 Å². The van der Waals surface area contributed by atoms with Crippen LogP contribution >= 0.6 is 12.4 Å². The minimum absolute atomic E-state index is 0. The maximum absolute atomic E-state index is 6.25. The molecule has 86 valence electrons. The van der Waals surface area contributed by atoms with Crippen LogP contribution in [0.1, 0.15) is 43.0 Å². The first-order valence-corrected chi connectivity index (χ1v) is 5.39. The smallest absolute Gasteiger partial charge is 0.0326 e. The van der Waals surface area contributed by atoms with Gasteiger partial charge in [-0.25, -0.2) is 0 Å². The number of rotatable bonds is 3. The van der Waals surface area contributed by atoms with Crippen LogP contribution in [0.4, 0.5) is 0 Å². The van der Waals surface area contributed by atoms with Gasteiger partial charge in [-0.05, 0) is 36.5 Å². The Hall–Kier alpha value is -0.530. The van der Waals surface area contributed by atoms with Crippen molar-refractivity contribution in [2.75, 3.05) is 0 Å². The first-order valence-electron chi connectivity index (χ1n) is 5.39. The van der Waals surface area contributed by atoms with E-state index in [0.717, 1.165) is 6.42 Å². The fourth-order valence-electron chi connectivity index (χ4n) is 1.89. The summed E-state index contributed by atoms with van der Waals surface area (Å²) in [6, 6.07) is 6.56. The van der Waals surface area contributed by atoms with E-state index in [1.165, 1.54) is 16.7 Å². The number of halogens is 1. The number of aryl methyl sites for hydroxylation is 2. The summed E-state index contributed by atoms with van der Waals surface area (Å²) in [7, 11) is 0. The van der Waals surface area contributed by atoms with Gasteiger partial charge in [0, 0.05) is 6.04 Å². The van der Waals surface area contributed by atoms with Gasteiger partial charge in [-0.1, -0.05) is 38.5 Å². The Kier molecular flexibility index (Phi) is 5.92. The molecule has 0 aromatic heterocycles. The fraction of sp³-hybridized carbons (Fsp3) is 0.538. The molecule has 1 nitrogen and oxygen atoms in total. The molecule has 15 heavy (non-hydrogen) atoms. The van der Waals surface area contributed by atoms with E-state index in [0.29, 0.717) is 5.92 Å². The van der Waals surface area contributed by atoms with Crippen molar-refractivity contribution in [2.24, 2.45) is 11.7 Å². The van der Waals surface area contributed by atoms with Crippen LogP contribution in [0.25, 0.3) is 0 Å². The summed E-state index contributed by atoms with van der Waals surface area (Å²) in [5.41, 5.74) is 10.2. The highest BCUT2D eigenvalue weighted by Crippen LogP contribution is 2.27.